The van der Waals surface area contributed by atoms with Crippen molar-refractivity contribution in [2.75, 3.05) is 6.61 Å². The fourth-order valence-electron chi connectivity index (χ4n) is 8.48. The molecule has 5 aliphatic carbocycles. The number of carbonyl (C=O) groups is 3. The van der Waals surface area contributed by atoms with Crippen molar-refractivity contribution in [1.82, 2.24) is 0 Å². The third-order valence-electron chi connectivity index (χ3n) is 10.3. The van der Waals surface area contributed by atoms with Crippen LogP contribution in [0.4, 0.5) is 8.78 Å². The Bertz CT molecular complexity index is 1140. The van der Waals surface area contributed by atoms with E-state index in [1.54, 1.807) is 20.8 Å². The van der Waals surface area contributed by atoms with E-state index in [-0.39, 0.29) is 30.8 Å². The number of allylic oxidation sites excluding steroid dienone is 4. The Hall–Kier alpha value is -1.97. The predicted octanol–water partition coefficient (Wildman–Crippen LogP) is 3.33. The largest absolute Gasteiger partial charge is 0.457 e. The Kier molecular flexibility index (Phi) is 5.18. The van der Waals surface area contributed by atoms with Crippen LogP contribution in [-0.4, -0.2) is 64.7 Å². The highest BCUT2D eigenvalue weighted by atomic mass is 19.1. The zero-order chi connectivity index (χ0) is 26.8. The Balaban J connectivity index is 1.41. The van der Waals surface area contributed by atoms with Crippen LogP contribution in [0.15, 0.2) is 23.8 Å². The van der Waals surface area contributed by atoms with E-state index < -0.39 is 82.2 Å². The molecule has 1 saturated heterocycles. The fraction of sp³-hybridized carbons (Fsp3) is 0.750. The third-order valence-corrected chi connectivity index (χ3v) is 10.3. The zero-order valence-electron chi connectivity index (χ0n) is 21.6. The molecular formula is C28H34F2O7. The number of rotatable bonds is 4. The average molecular weight is 521 g/mol. The summed E-state index contributed by atoms with van der Waals surface area (Å²) in [4.78, 5) is 38.1. The number of hydrogen-bond donors (Lipinski definition) is 1. The molecule has 1 N–H and O–H groups in total. The van der Waals surface area contributed by atoms with Gasteiger partial charge in [0.15, 0.2) is 29.4 Å². The molecule has 0 aromatic heterocycles. The van der Waals surface area contributed by atoms with E-state index in [0.717, 1.165) is 18.9 Å². The van der Waals surface area contributed by atoms with Crippen LogP contribution < -0.4 is 0 Å². The lowest BCUT2D eigenvalue weighted by molar-refractivity contribution is -0.249. The van der Waals surface area contributed by atoms with Crippen LogP contribution in [0.5, 0.6) is 0 Å². The first kappa shape index (κ1) is 25.3. The van der Waals surface area contributed by atoms with Gasteiger partial charge < -0.3 is 19.3 Å². The normalized spacial score (nSPS) is 49.4. The summed E-state index contributed by atoms with van der Waals surface area (Å²) in [5, 5.41) is 11.5. The van der Waals surface area contributed by atoms with Gasteiger partial charge in [0, 0.05) is 16.7 Å². The highest BCUT2D eigenvalue weighted by molar-refractivity contribution is 6.01. The summed E-state index contributed by atoms with van der Waals surface area (Å²) in [5.74, 6) is -4.16. The van der Waals surface area contributed by atoms with Crippen LogP contribution in [-0.2, 0) is 28.6 Å². The van der Waals surface area contributed by atoms with Gasteiger partial charge in [0.2, 0.25) is 5.78 Å². The molecule has 0 aromatic carbocycles. The van der Waals surface area contributed by atoms with Crippen LogP contribution in [0.1, 0.15) is 59.8 Å². The van der Waals surface area contributed by atoms with Gasteiger partial charge in [-0.1, -0.05) is 13.0 Å². The van der Waals surface area contributed by atoms with E-state index in [1.165, 1.54) is 19.1 Å². The molecule has 0 unspecified atom stereocenters. The molecule has 5 fully saturated rings. The number of alkyl halides is 2. The Morgan fingerprint density at radius 2 is 1.86 bits per heavy atom. The van der Waals surface area contributed by atoms with Crippen LogP contribution in [0.2, 0.25) is 0 Å². The van der Waals surface area contributed by atoms with E-state index in [0.29, 0.717) is 0 Å². The fourth-order valence-corrected chi connectivity index (χ4v) is 8.48. The van der Waals surface area contributed by atoms with Crippen LogP contribution in [0.3, 0.4) is 0 Å². The molecule has 9 atom stereocenters. The van der Waals surface area contributed by atoms with Gasteiger partial charge in [-0.15, -0.1) is 0 Å². The molecule has 0 bridgehead atoms. The topological polar surface area (TPSA) is 99.1 Å². The number of aliphatic hydroxyl groups excluding tert-OH is 1. The van der Waals surface area contributed by atoms with Crippen LogP contribution in [0.25, 0.3) is 0 Å². The lowest BCUT2D eigenvalue weighted by Crippen LogP contribution is -2.71. The van der Waals surface area contributed by atoms with Gasteiger partial charge >= 0.3 is 5.97 Å². The predicted molar refractivity (Wildman–Crippen MR) is 125 cm³/mol. The summed E-state index contributed by atoms with van der Waals surface area (Å²) in [6.07, 6.45) is 1.20. The minimum absolute atomic E-state index is 0.0472. The van der Waals surface area contributed by atoms with E-state index in [1.807, 2.05) is 0 Å². The Morgan fingerprint density at radius 3 is 2.54 bits per heavy atom. The van der Waals surface area contributed by atoms with Crippen molar-refractivity contribution in [3.63, 3.8) is 0 Å². The summed E-state index contributed by atoms with van der Waals surface area (Å²) < 4.78 is 50.9. The molecular weight excluding hydrogens is 486 g/mol. The maximum Gasteiger partial charge on any atom is 0.309 e. The third kappa shape index (κ3) is 3.11. The molecule has 37 heavy (non-hydrogen) atoms. The van der Waals surface area contributed by atoms with Gasteiger partial charge in [-0.05, 0) is 76.5 Å². The van der Waals surface area contributed by atoms with Crippen molar-refractivity contribution >= 4 is 17.5 Å². The molecule has 0 spiro atoms. The number of ether oxygens (including phenoxy) is 3. The minimum atomic E-state index is -2.26. The summed E-state index contributed by atoms with van der Waals surface area (Å²) in [5.41, 5.74) is -6.43. The Morgan fingerprint density at radius 1 is 1.16 bits per heavy atom. The monoisotopic (exact) mass is 520 g/mol. The van der Waals surface area contributed by atoms with Gasteiger partial charge in [0.25, 0.3) is 0 Å². The number of esters is 1. The van der Waals surface area contributed by atoms with E-state index in [4.69, 9.17) is 14.2 Å². The van der Waals surface area contributed by atoms with Crippen LogP contribution >= 0.6 is 0 Å². The quantitative estimate of drug-likeness (QED) is 0.568. The van der Waals surface area contributed by atoms with Gasteiger partial charge in [-0.3, -0.25) is 14.4 Å². The lowest BCUT2D eigenvalue weighted by atomic mass is 9.44. The first-order valence-electron chi connectivity index (χ1n) is 13.2. The minimum Gasteiger partial charge on any atom is -0.457 e. The summed E-state index contributed by atoms with van der Waals surface area (Å²) in [6.45, 7) is 6.20. The second-order valence-electron chi connectivity index (χ2n) is 12.7. The lowest BCUT2D eigenvalue weighted by Gasteiger charge is -2.63. The number of halogens is 2. The smallest absolute Gasteiger partial charge is 0.309 e. The highest BCUT2D eigenvalue weighted by Gasteiger charge is 2.80. The molecule has 1 heterocycles. The maximum absolute atomic E-state index is 17.4. The number of ketones is 2. The highest BCUT2D eigenvalue weighted by Crippen LogP contribution is 2.72. The SMILES string of the molecule is CC1(C)O[C@@H]2C[C@@H]3[C@@H]4C[C@H](F)C5=CC(=O)C=C[C@]5(C)[C@@]4(F)[C@@H](O)C[C@]3(C)[C@]2(C(=O)COC(=O)C2CC2)O1. The second kappa shape index (κ2) is 7.57. The van der Waals surface area contributed by atoms with E-state index in [9.17, 15) is 19.5 Å². The molecule has 1 aliphatic heterocycles. The summed E-state index contributed by atoms with van der Waals surface area (Å²) >= 11 is 0. The van der Waals surface area contributed by atoms with Crippen molar-refractivity contribution in [2.45, 2.75) is 95.2 Å². The number of Topliss-reactive ketones (excluding diaryl/α,β-unsaturated/α-hetero) is 1. The van der Waals surface area contributed by atoms with E-state index >= 15 is 8.78 Å². The molecule has 6 rings (SSSR count). The maximum atomic E-state index is 17.4. The molecule has 6 aliphatic rings. The second-order valence-corrected chi connectivity index (χ2v) is 12.7. The van der Waals surface area contributed by atoms with Gasteiger partial charge in [-0.2, -0.15) is 0 Å². The van der Waals surface area contributed by atoms with Gasteiger partial charge in [0.05, 0.1) is 18.1 Å². The van der Waals surface area contributed by atoms with Crippen LogP contribution in [0, 0.1) is 28.6 Å². The van der Waals surface area contributed by atoms with Crippen molar-refractivity contribution in [3.05, 3.63) is 23.8 Å². The number of hydrogen-bond acceptors (Lipinski definition) is 7. The van der Waals surface area contributed by atoms with Crippen molar-refractivity contribution < 1.29 is 42.5 Å². The molecule has 0 radical (unpaired) electrons. The number of aliphatic hydroxyl groups is 1. The molecule has 0 aromatic rings. The Labute approximate surface area is 214 Å². The zero-order valence-corrected chi connectivity index (χ0v) is 21.6. The van der Waals surface area contributed by atoms with Crippen molar-refractivity contribution in [2.24, 2.45) is 28.6 Å². The number of fused-ring (bicyclic) bond motifs is 7. The first-order valence-corrected chi connectivity index (χ1v) is 13.2. The van der Waals surface area contributed by atoms with E-state index in [2.05, 4.69) is 0 Å². The first-order chi connectivity index (χ1) is 17.2. The number of carbonyl (C=O) groups excluding carboxylic acids is 3. The van der Waals surface area contributed by atoms with Crippen molar-refractivity contribution in [1.29, 1.82) is 0 Å². The molecule has 7 nitrogen and oxygen atoms in total. The van der Waals surface area contributed by atoms with Crippen molar-refractivity contribution in [3.8, 4) is 0 Å². The summed E-state index contributed by atoms with van der Waals surface area (Å²) in [7, 11) is 0. The summed E-state index contributed by atoms with van der Waals surface area (Å²) in [6, 6.07) is 0. The molecule has 0 amide bonds. The standard InChI is InChI=1S/C28H34F2O7/c1-24(2)36-22-11-16-17-10-19(29)18-9-15(31)7-8-25(18,3)27(17,30)20(32)12-26(16,4)28(22,37-24)21(33)13-35-23(34)14-5-6-14/h7-9,14,16-17,19-20,22,32H,5-6,10-13H2,1-4H3/t16-,17+,19+,20+,22-,25+,26+,27+,28-/m1/s1. The van der Waals surface area contributed by atoms with Gasteiger partial charge in [-0.25, -0.2) is 8.78 Å². The van der Waals surface area contributed by atoms with Gasteiger partial charge in [0.1, 0.15) is 6.17 Å². The average Bonchev–Trinajstić information content (AvgIpc) is 3.59. The molecule has 4 saturated carbocycles. The molecule has 202 valence electrons. The molecule has 9 heteroatoms.